The summed E-state index contributed by atoms with van der Waals surface area (Å²) in [4.78, 5) is 117. The second-order valence-electron chi connectivity index (χ2n) is 32.2. The summed E-state index contributed by atoms with van der Waals surface area (Å²) >= 11 is 4.74. The second kappa shape index (κ2) is 56.5. The number of nitrogens with zero attached hydrogens (tertiary/aromatic N) is 4. The number of amides is 8. The van der Waals surface area contributed by atoms with E-state index in [4.69, 9.17) is 114 Å². The van der Waals surface area contributed by atoms with E-state index in [1.807, 2.05) is 97.1 Å². The minimum Gasteiger partial charge on any atom is -0.493 e. The van der Waals surface area contributed by atoms with Crippen LogP contribution in [0.4, 0.5) is 22.7 Å². The highest BCUT2D eigenvalue weighted by molar-refractivity contribution is 8.04. The molecule has 0 spiro atoms. The fourth-order valence-electron chi connectivity index (χ4n) is 15.5. The highest BCUT2D eigenvalue weighted by Gasteiger charge is 2.39. The predicted octanol–water partition coefficient (Wildman–Crippen LogP) is 12.3. The lowest BCUT2D eigenvalue weighted by molar-refractivity contribution is -0.121. The van der Waals surface area contributed by atoms with Gasteiger partial charge in [0.2, 0.25) is 0 Å². The molecule has 0 radical (unpaired) electrons. The van der Waals surface area contributed by atoms with Gasteiger partial charge in [0.05, 0.1) is 227 Å². The lowest BCUT2D eigenvalue weighted by Crippen LogP contribution is -2.30. The number of carbonyl (C=O) groups excluding carboxylic acids is 8. The van der Waals surface area contributed by atoms with Crippen LogP contribution in [0.25, 0.3) is 11.1 Å². The standard InChI is InChI=1S/C106H112N4O32S4/c111-97-69-93(103(115)107(97)77-9-21-85-89(65-77)139-53-45-127-37-29-119-25-33-123-41-49-135-85)143-61-57-131-81-13-1-73(2-14-81)101(74-3-15-82(16-4-74)132-58-62-144-94-70-98(112)108(104(94)116)78-10-22-86-90(66-78)140-54-46-128-38-30-120-26-34-124-42-50-136-86)102(75-5-17-83(18-6-75)133-59-63-145-95-71-99(113)109(105(95)117)79-11-23-87-91(67-79)141-55-47-129-39-31-121-27-35-125-43-51-137-87)76-7-19-84(20-8-76)134-60-64-146-96-72-100(114)110(106(96)118)80-12-24-88-92(68-80)142-56-48-130-40-32-122-28-36-126-44-52-138-88/h1-24,65-72H,25-64H2. The van der Waals surface area contributed by atoms with Crippen LogP contribution in [-0.4, -0.2) is 308 Å². The molecule has 8 aromatic carbocycles. The van der Waals surface area contributed by atoms with E-state index in [-0.39, 0.29) is 148 Å². The molecule has 8 heterocycles. The third-order valence-corrected chi connectivity index (χ3v) is 26.3. The zero-order valence-corrected chi connectivity index (χ0v) is 83.5. The molecule has 16 rings (SSSR count). The molecule has 0 atom stereocenters. The van der Waals surface area contributed by atoms with Gasteiger partial charge in [0, 0.05) is 71.6 Å². The molecule has 36 nitrogen and oxygen atoms in total. The first kappa shape index (κ1) is 106. The molecule has 0 unspecified atom stereocenters. The molecule has 0 fully saturated rings. The van der Waals surface area contributed by atoms with Crippen LogP contribution in [0.5, 0.6) is 69.0 Å². The fourth-order valence-corrected chi connectivity index (χ4v) is 18.7. The summed E-state index contributed by atoms with van der Waals surface area (Å²) < 4.78 is 141. The topological polar surface area (TPSA) is 371 Å². The third kappa shape index (κ3) is 30.4. The Kier molecular flexibility index (Phi) is 41.1. The van der Waals surface area contributed by atoms with Gasteiger partial charge in [-0.25, -0.2) is 19.6 Å². The van der Waals surface area contributed by atoms with Gasteiger partial charge in [-0.3, -0.25) is 38.4 Å². The predicted molar refractivity (Wildman–Crippen MR) is 544 cm³/mol. The van der Waals surface area contributed by atoms with Gasteiger partial charge in [-0.15, -0.1) is 47.0 Å². The van der Waals surface area contributed by atoms with Gasteiger partial charge in [0.25, 0.3) is 47.3 Å². The minimum absolute atomic E-state index is 0.139. The number of anilines is 4. The highest BCUT2D eigenvalue weighted by Crippen LogP contribution is 2.44. The normalized spacial score (nSPS) is 18.1. The van der Waals surface area contributed by atoms with Gasteiger partial charge in [0.15, 0.2) is 46.0 Å². The fraction of sp³-hybridized carbons (Fsp3) is 0.377. The SMILES string of the molecule is O=C1C=C(SCCOc2ccc(C(=C(c3ccc(OCCSC4=CC(=O)N(c5ccc6c(c5)OCCOCCOCCOCCO6)C4=O)cc3)c3ccc(OCCSC4=CC(=O)N(c5ccc6c(c5)OCCOCCOCCOCCO6)C4=O)cc3)c3ccc(OCCSC4=CC(=O)N(c5ccc6c(c5)OCCOCCOCCOCCO6)C4=O)cc3)cc2)C(=O)N1c1ccc2c(c1)OCCOCCOCCOCCO2. The number of imide groups is 4. The summed E-state index contributed by atoms with van der Waals surface area (Å²) in [5.74, 6) is 1.98. The molecule has 8 aromatic rings. The number of fused-ring (bicyclic) bond motifs is 4. The van der Waals surface area contributed by atoms with Crippen LogP contribution in [-0.2, 0) is 95.2 Å². The Bertz CT molecular complexity index is 5240. The minimum atomic E-state index is -0.522. The van der Waals surface area contributed by atoms with Crippen molar-refractivity contribution in [3.63, 3.8) is 0 Å². The van der Waals surface area contributed by atoms with Crippen LogP contribution in [0.2, 0.25) is 0 Å². The largest absolute Gasteiger partial charge is 0.493 e. The monoisotopic (exact) mass is 2080 g/mol. The van der Waals surface area contributed by atoms with Crippen molar-refractivity contribution in [3.8, 4) is 69.0 Å². The first-order valence-electron chi connectivity index (χ1n) is 47.9. The summed E-state index contributed by atoms with van der Waals surface area (Å²) in [6.45, 7) is 10.7. The molecular formula is C106H112N4O32S4. The van der Waals surface area contributed by atoms with E-state index in [0.29, 0.717) is 224 Å². The van der Waals surface area contributed by atoms with E-state index >= 15 is 0 Å². The molecule has 0 N–H and O–H groups in total. The number of ether oxygens (including phenoxy) is 24. The molecule has 0 saturated heterocycles. The number of rotatable bonds is 28. The summed E-state index contributed by atoms with van der Waals surface area (Å²) in [6, 6.07) is 49.8. The first-order chi connectivity index (χ1) is 71.8. The Labute approximate surface area is 860 Å². The summed E-state index contributed by atoms with van der Waals surface area (Å²) in [6.07, 6.45) is 5.25. The molecule has 8 amide bonds. The quantitative estimate of drug-likeness (QED) is 0.0250. The highest BCUT2D eigenvalue weighted by atomic mass is 32.2. The van der Waals surface area contributed by atoms with E-state index in [1.165, 1.54) is 71.4 Å². The molecule has 0 aliphatic carbocycles. The summed E-state index contributed by atoms with van der Waals surface area (Å²) in [5, 5.41) is 0. The zero-order valence-electron chi connectivity index (χ0n) is 80.2. The van der Waals surface area contributed by atoms with E-state index < -0.39 is 47.3 Å². The van der Waals surface area contributed by atoms with E-state index in [0.717, 1.165) is 53.0 Å². The number of hydrogen-bond acceptors (Lipinski definition) is 36. The Balaban J connectivity index is 0.633. The van der Waals surface area contributed by atoms with Gasteiger partial charge in [0.1, 0.15) is 75.9 Å². The Morgan fingerprint density at radius 2 is 0.370 bits per heavy atom. The Morgan fingerprint density at radius 3 is 0.548 bits per heavy atom. The van der Waals surface area contributed by atoms with Crippen molar-refractivity contribution in [2.24, 2.45) is 0 Å². The van der Waals surface area contributed by atoms with Gasteiger partial charge in [-0.2, -0.15) is 0 Å². The number of carbonyl (C=O) groups is 8. The van der Waals surface area contributed by atoms with Crippen molar-refractivity contribution in [2.75, 3.05) is 280 Å². The molecule has 772 valence electrons. The summed E-state index contributed by atoms with van der Waals surface area (Å²) in [7, 11) is 0. The second-order valence-corrected chi connectivity index (χ2v) is 36.8. The van der Waals surface area contributed by atoms with Crippen molar-refractivity contribution in [1.29, 1.82) is 0 Å². The van der Waals surface area contributed by atoms with E-state index in [1.54, 1.807) is 72.8 Å². The molecule has 8 aliphatic heterocycles. The van der Waals surface area contributed by atoms with Crippen molar-refractivity contribution < 1.29 is 152 Å². The van der Waals surface area contributed by atoms with Crippen molar-refractivity contribution >= 4 is 128 Å². The summed E-state index contributed by atoms with van der Waals surface area (Å²) in [5.41, 5.74) is 5.70. The Hall–Kier alpha value is -12.5. The third-order valence-electron chi connectivity index (χ3n) is 22.4. The van der Waals surface area contributed by atoms with Crippen molar-refractivity contribution in [3.05, 3.63) is 236 Å². The van der Waals surface area contributed by atoms with Gasteiger partial charge < -0.3 is 114 Å². The van der Waals surface area contributed by atoms with Crippen molar-refractivity contribution in [2.45, 2.75) is 0 Å². The van der Waals surface area contributed by atoms with Gasteiger partial charge in [-0.05, 0) is 130 Å². The maximum atomic E-state index is 14.1. The lowest BCUT2D eigenvalue weighted by Gasteiger charge is -2.20. The van der Waals surface area contributed by atoms with Crippen LogP contribution in [0.15, 0.2) is 214 Å². The average molecular weight is 2080 g/mol. The number of benzene rings is 8. The maximum Gasteiger partial charge on any atom is 0.271 e. The molecular weight excluding hydrogens is 1970 g/mol. The molecule has 0 bridgehead atoms. The molecule has 146 heavy (non-hydrogen) atoms. The zero-order chi connectivity index (χ0) is 101. The lowest BCUT2D eigenvalue weighted by atomic mass is 9.85. The van der Waals surface area contributed by atoms with Crippen LogP contribution in [0.3, 0.4) is 0 Å². The molecule has 0 saturated carbocycles. The number of thioether (sulfide) groups is 4. The van der Waals surface area contributed by atoms with Crippen LogP contribution >= 0.6 is 47.0 Å². The first-order valence-corrected chi connectivity index (χ1v) is 51.9. The number of hydrogen-bond donors (Lipinski definition) is 0. The molecule has 0 aromatic heterocycles. The van der Waals surface area contributed by atoms with Crippen LogP contribution in [0.1, 0.15) is 22.3 Å². The van der Waals surface area contributed by atoms with Gasteiger partial charge >= 0.3 is 0 Å². The molecule has 40 heteroatoms. The van der Waals surface area contributed by atoms with Crippen LogP contribution in [0, 0.1) is 0 Å². The van der Waals surface area contributed by atoms with E-state index in [9.17, 15) is 38.4 Å². The Morgan fingerprint density at radius 1 is 0.205 bits per heavy atom. The van der Waals surface area contributed by atoms with Gasteiger partial charge in [-0.1, -0.05) is 48.5 Å². The smallest absolute Gasteiger partial charge is 0.271 e. The van der Waals surface area contributed by atoms with Crippen molar-refractivity contribution in [1.82, 2.24) is 0 Å². The molecule has 8 aliphatic rings. The van der Waals surface area contributed by atoms with Crippen LogP contribution < -0.4 is 76.4 Å². The van der Waals surface area contributed by atoms with E-state index in [2.05, 4.69) is 0 Å². The average Bonchev–Trinajstić information content (AvgIpc) is 1.29. The maximum absolute atomic E-state index is 14.1.